The lowest BCUT2D eigenvalue weighted by Crippen LogP contribution is -2.21. The van der Waals surface area contributed by atoms with Crippen LogP contribution in [0.3, 0.4) is 0 Å². The van der Waals surface area contributed by atoms with Gasteiger partial charge in [-0.25, -0.2) is 0 Å². The van der Waals surface area contributed by atoms with Gasteiger partial charge in [-0.05, 0) is 22.3 Å². The molecular formula is C22H16O3. The molecule has 3 aliphatic rings. The minimum atomic E-state index is -0.371. The zero-order valence-electron chi connectivity index (χ0n) is 13.5. The minimum absolute atomic E-state index is 0.0515. The average Bonchev–Trinajstić information content (AvgIpc) is 3.29. The van der Waals surface area contributed by atoms with Gasteiger partial charge in [-0.15, -0.1) is 0 Å². The minimum Gasteiger partial charge on any atom is -0.393 e. The van der Waals surface area contributed by atoms with E-state index in [1.165, 1.54) is 5.57 Å². The molecule has 0 amide bonds. The van der Waals surface area contributed by atoms with E-state index >= 15 is 0 Å². The molecule has 2 aromatic rings. The van der Waals surface area contributed by atoms with Gasteiger partial charge < -0.3 is 4.74 Å². The number of carbonyl (C=O) groups excluding carboxylic acids is 2. The third-order valence-electron chi connectivity index (χ3n) is 5.56. The predicted octanol–water partition coefficient (Wildman–Crippen LogP) is 3.62. The van der Waals surface area contributed by atoms with Crippen LogP contribution in [0.15, 0.2) is 78.4 Å². The lowest BCUT2D eigenvalue weighted by Gasteiger charge is -2.18. The molecule has 0 N–H and O–H groups in total. The summed E-state index contributed by atoms with van der Waals surface area (Å²) in [5.74, 6) is -1.57. The van der Waals surface area contributed by atoms with Gasteiger partial charge in [0.1, 0.15) is 0 Å². The van der Waals surface area contributed by atoms with Crippen molar-refractivity contribution in [1.29, 1.82) is 0 Å². The Morgan fingerprint density at radius 2 is 1.12 bits per heavy atom. The zero-order valence-corrected chi connectivity index (χ0v) is 13.5. The molecule has 2 fully saturated rings. The average molecular weight is 328 g/mol. The summed E-state index contributed by atoms with van der Waals surface area (Å²) in [6, 6.07) is 20.4. The molecule has 1 aliphatic heterocycles. The van der Waals surface area contributed by atoms with Gasteiger partial charge in [0.05, 0.1) is 11.8 Å². The summed E-state index contributed by atoms with van der Waals surface area (Å²) in [6.07, 6.45) is 4.15. The van der Waals surface area contributed by atoms with E-state index in [2.05, 4.69) is 36.4 Å². The van der Waals surface area contributed by atoms with Crippen molar-refractivity contribution in [2.45, 2.75) is 0 Å². The Balaban J connectivity index is 1.75. The van der Waals surface area contributed by atoms with Crippen LogP contribution in [-0.4, -0.2) is 11.9 Å². The molecule has 2 bridgehead atoms. The van der Waals surface area contributed by atoms with E-state index in [9.17, 15) is 9.59 Å². The molecular weight excluding hydrogens is 312 g/mol. The van der Waals surface area contributed by atoms with Gasteiger partial charge >= 0.3 is 11.9 Å². The molecule has 0 spiro atoms. The zero-order chi connectivity index (χ0) is 17.0. The highest BCUT2D eigenvalue weighted by atomic mass is 16.6. The fourth-order valence-electron chi connectivity index (χ4n) is 4.61. The number of fused-ring (bicyclic) bond motifs is 5. The SMILES string of the molecule is O=C1OC(=O)[C@H]2[C@H]1[C@H]1C=C[C@H]2C1=C(c1ccccc1)c1ccccc1. The monoisotopic (exact) mass is 328 g/mol. The van der Waals surface area contributed by atoms with E-state index < -0.39 is 0 Å². The van der Waals surface area contributed by atoms with Crippen LogP contribution in [0.5, 0.6) is 0 Å². The Labute approximate surface area is 145 Å². The topological polar surface area (TPSA) is 43.4 Å². The van der Waals surface area contributed by atoms with Crippen LogP contribution in [0.2, 0.25) is 0 Å². The molecule has 122 valence electrons. The van der Waals surface area contributed by atoms with Crippen molar-refractivity contribution in [2.75, 3.05) is 0 Å². The molecule has 0 aromatic heterocycles. The fourth-order valence-corrected chi connectivity index (χ4v) is 4.61. The van der Waals surface area contributed by atoms with Crippen molar-refractivity contribution in [2.24, 2.45) is 23.7 Å². The van der Waals surface area contributed by atoms with E-state index in [4.69, 9.17) is 4.74 Å². The third-order valence-corrected chi connectivity index (χ3v) is 5.56. The number of rotatable bonds is 2. The predicted molar refractivity (Wildman–Crippen MR) is 93.1 cm³/mol. The number of carbonyl (C=O) groups is 2. The summed E-state index contributed by atoms with van der Waals surface area (Å²) in [7, 11) is 0. The number of ether oxygens (including phenoxy) is 1. The molecule has 3 heteroatoms. The highest BCUT2D eigenvalue weighted by molar-refractivity contribution is 6.00. The largest absolute Gasteiger partial charge is 0.393 e. The normalized spacial score (nSPS) is 29.0. The van der Waals surface area contributed by atoms with E-state index in [-0.39, 0.29) is 35.6 Å². The lowest BCUT2D eigenvalue weighted by molar-refractivity contribution is -0.154. The highest BCUT2D eigenvalue weighted by Gasteiger charge is 2.61. The Morgan fingerprint density at radius 3 is 1.56 bits per heavy atom. The summed E-state index contributed by atoms with van der Waals surface area (Å²) in [6.45, 7) is 0. The molecule has 0 radical (unpaired) electrons. The maximum absolute atomic E-state index is 12.2. The van der Waals surface area contributed by atoms with Crippen molar-refractivity contribution in [3.05, 3.63) is 89.5 Å². The van der Waals surface area contributed by atoms with Gasteiger partial charge in [0, 0.05) is 11.8 Å². The lowest BCUT2D eigenvalue weighted by atomic mass is 9.85. The van der Waals surface area contributed by atoms with E-state index in [0.717, 1.165) is 16.7 Å². The van der Waals surface area contributed by atoms with Crippen LogP contribution < -0.4 is 0 Å². The molecule has 5 rings (SSSR count). The summed E-state index contributed by atoms with van der Waals surface area (Å²) in [5.41, 5.74) is 4.54. The van der Waals surface area contributed by atoms with Crippen LogP contribution in [-0.2, 0) is 14.3 Å². The standard InChI is InChI=1S/C22H16O3/c23-21-19-15-11-12-16(20(19)22(24)25-21)18(15)17(13-7-3-1-4-8-13)14-9-5-2-6-10-14/h1-12,15-16,19-20H/t15-,16-,19+,20+/m0/s1. The molecule has 25 heavy (non-hydrogen) atoms. The molecule has 2 aromatic carbocycles. The van der Waals surface area contributed by atoms with Crippen molar-refractivity contribution in [3.8, 4) is 0 Å². The van der Waals surface area contributed by atoms with Crippen LogP contribution >= 0.6 is 0 Å². The quantitative estimate of drug-likeness (QED) is 0.480. The van der Waals surface area contributed by atoms with Crippen LogP contribution in [0, 0.1) is 23.7 Å². The first-order valence-corrected chi connectivity index (χ1v) is 8.54. The number of benzene rings is 2. The first kappa shape index (κ1) is 14.4. The Morgan fingerprint density at radius 1 is 0.680 bits per heavy atom. The van der Waals surface area contributed by atoms with Crippen LogP contribution in [0.1, 0.15) is 11.1 Å². The van der Waals surface area contributed by atoms with Crippen LogP contribution in [0.4, 0.5) is 0 Å². The second-order valence-corrected chi connectivity index (χ2v) is 6.79. The first-order valence-electron chi connectivity index (χ1n) is 8.54. The van der Waals surface area contributed by atoms with Crippen molar-refractivity contribution in [3.63, 3.8) is 0 Å². The molecule has 1 heterocycles. The second kappa shape index (κ2) is 5.28. The van der Waals surface area contributed by atoms with E-state index in [1.807, 2.05) is 36.4 Å². The number of allylic oxidation sites excluding steroid dienone is 3. The van der Waals surface area contributed by atoms with Gasteiger partial charge in [-0.2, -0.15) is 0 Å². The molecule has 4 atom stereocenters. The summed E-state index contributed by atoms with van der Waals surface area (Å²) < 4.78 is 4.91. The van der Waals surface area contributed by atoms with Crippen molar-refractivity contribution in [1.82, 2.24) is 0 Å². The summed E-state index contributed by atoms with van der Waals surface area (Å²) in [4.78, 5) is 24.4. The highest BCUT2D eigenvalue weighted by Crippen LogP contribution is 2.57. The first-order chi connectivity index (χ1) is 12.3. The Hall–Kier alpha value is -2.94. The van der Waals surface area contributed by atoms with Crippen molar-refractivity contribution < 1.29 is 14.3 Å². The number of cyclic esters (lactones) is 2. The van der Waals surface area contributed by atoms with Gasteiger partial charge in [-0.3, -0.25) is 9.59 Å². The molecule has 3 nitrogen and oxygen atoms in total. The maximum Gasteiger partial charge on any atom is 0.318 e. The van der Waals surface area contributed by atoms with Gasteiger partial charge in [0.25, 0.3) is 0 Å². The summed E-state index contributed by atoms with van der Waals surface area (Å²) >= 11 is 0. The molecule has 0 unspecified atom stereocenters. The number of hydrogen-bond acceptors (Lipinski definition) is 3. The van der Waals surface area contributed by atoms with Gasteiger partial charge in [0.2, 0.25) is 0 Å². The van der Waals surface area contributed by atoms with Gasteiger partial charge in [0.15, 0.2) is 0 Å². The molecule has 1 saturated heterocycles. The smallest absolute Gasteiger partial charge is 0.318 e. The number of esters is 2. The third kappa shape index (κ3) is 1.99. The van der Waals surface area contributed by atoms with Crippen molar-refractivity contribution >= 4 is 17.5 Å². The molecule has 2 aliphatic carbocycles. The van der Waals surface area contributed by atoms with Crippen LogP contribution in [0.25, 0.3) is 5.57 Å². The Bertz CT molecular complexity index is 851. The maximum atomic E-state index is 12.2. The van der Waals surface area contributed by atoms with E-state index in [1.54, 1.807) is 0 Å². The molecule has 1 saturated carbocycles. The Kier molecular flexibility index (Phi) is 3.04. The second-order valence-electron chi connectivity index (χ2n) is 6.79. The summed E-state index contributed by atoms with van der Waals surface area (Å²) in [5, 5.41) is 0. The van der Waals surface area contributed by atoms with Gasteiger partial charge in [-0.1, -0.05) is 72.8 Å². The number of hydrogen-bond donors (Lipinski definition) is 0. The fraction of sp³-hybridized carbons (Fsp3) is 0.182. The van der Waals surface area contributed by atoms with E-state index in [0.29, 0.717) is 0 Å².